The van der Waals surface area contributed by atoms with Gasteiger partial charge in [-0.15, -0.1) is 0 Å². The Kier molecular flexibility index (Phi) is 5.97. The number of Topliss-reactive ketones (excluding diaryl/α,β-unsaturated/α-hetero) is 1. The summed E-state index contributed by atoms with van der Waals surface area (Å²) in [4.78, 5) is 27.8. The molecule has 0 spiro atoms. The number of pyridine rings is 1. The smallest absolute Gasteiger partial charge is 0.251 e. The molecule has 1 aromatic rings. The summed E-state index contributed by atoms with van der Waals surface area (Å²) in [7, 11) is 1.37. The Labute approximate surface area is 142 Å². The third-order valence-electron chi connectivity index (χ3n) is 2.81. The Morgan fingerprint density at radius 3 is 2.91 bits per heavy atom. The van der Waals surface area contributed by atoms with Gasteiger partial charge in [0, 0.05) is 12.4 Å². The van der Waals surface area contributed by atoms with Crippen LogP contribution in [0, 0.1) is 0 Å². The van der Waals surface area contributed by atoms with Crippen LogP contribution in [0.3, 0.4) is 0 Å². The lowest BCUT2D eigenvalue weighted by molar-refractivity contribution is -0.126. The van der Waals surface area contributed by atoms with Gasteiger partial charge in [-0.2, -0.15) is 0 Å². The number of carbonyl (C=O) groups excluding carboxylic acids is 2. The summed E-state index contributed by atoms with van der Waals surface area (Å²) < 4.78 is 4.94. The quantitative estimate of drug-likeness (QED) is 0.378. The van der Waals surface area contributed by atoms with Gasteiger partial charge in [0.05, 0.1) is 22.9 Å². The minimum Gasteiger partial charge on any atom is -0.493 e. The maximum atomic E-state index is 12.0. The lowest BCUT2D eigenvalue weighted by atomic mass is 10.1. The van der Waals surface area contributed by atoms with Crippen LogP contribution in [-0.4, -0.2) is 34.5 Å². The zero-order valence-corrected chi connectivity index (χ0v) is 13.8. The fraction of sp³-hybridized carbons (Fsp3) is 0.133. The van der Waals surface area contributed by atoms with E-state index >= 15 is 0 Å². The number of ketones is 1. The molecular formula is C15H14ClN3O3S. The first-order valence-corrected chi connectivity index (χ1v) is 7.87. The molecule has 1 aromatic heterocycles. The van der Waals surface area contributed by atoms with Crippen LogP contribution < -0.4 is 5.84 Å². The SMILES string of the molecule is COC1=C/C(=C\N(N)C(=O)CSc2ccccn2)C=C(Cl)C1=O. The van der Waals surface area contributed by atoms with E-state index in [0.717, 1.165) is 10.0 Å². The monoisotopic (exact) mass is 351 g/mol. The fourth-order valence-corrected chi connectivity index (χ4v) is 2.64. The van der Waals surface area contributed by atoms with Crippen molar-refractivity contribution in [3.05, 3.63) is 59.1 Å². The molecule has 1 aliphatic carbocycles. The van der Waals surface area contributed by atoms with Crippen molar-refractivity contribution in [2.24, 2.45) is 5.84 Å². The van der Waals surface area contributed by atoms with E-state index in [1.165, 1.54) is 37.2 Å². The van der Waals surface area contributed by atoms with Crippen molar-refractivity contribution in [1.29, 1.82) is 0 Å². The van der Waals surface area contributed by atoms with Crippen LogP contribution in [0.1, 0.15) is 0 Å². The normalized spacial score (nSPS) is 16.0. The molecule has 0 aromatic carbocycles. The van der Waals surface area contributed by atoms with E-state index in [1.807, 2.05) is 6.07 Å². The van der Waals surface area contributed by atoms with Crippen molar-refractivity contribution >= 4 is 35.1 Å². The van der Waals surface area contributed by atoms with Crippen molar-refractivity contribution in [2.45, 2.75) is 5.03 Å². The third kappa shape index (κ3) is 4.69. The Balaban J connectivity index is 2.02. The number of carbonyl (C=O) groups is 2. The van der Waals surface area contributed by atoms with Gasteiger partial charge in [0.25, 0.3) is 5.91 Å². The number of allylic oxidation sites excluding steroid dienone is 4. The first-order valence-electron chi connectivity index (χ1n) is 6.51. The second-order valence-electron chi connectivity index (χ2n) is 4.42. The van der Waals surface area contributed by atoms with E-state index < -0.39 is 5.78 Å². The van der Waals surface area contributed by atoms with Crippen LogP contribution in [0.25, 0.3) is 0 Å². The molecule has 1 aliphatic rings. The van der Waals surface area contributed by atoms with Crippen LogP contribution in [0.5, 0.6) is 0 Å². The summed E-state index contributed by atoms with van der Waals surface area (Å²) in [5.74, 6) is 5.22. The second kappa shape index (κ2) is 7.96. The average Bonchev–Trinajstić information content (AvgIpc) is 2.56. The van der Waals surface area contributed by atoms with Gasteiger partial charge in [0.15, 0.2) is 5.76 Å². The third-order valence-corrected chi connectivity index (χ3v) is 4.02. The Morgan fingerprint density at radius 1 is 1.48 bits per heavy atom. The lowest BCUT2D eigenvalue weighted by Gasteiger charge is -2.15. The van der Waals surface area contributed by atoms with E-state index in [1.54, 1.807) is 18.3 Å². The summed E-state index contributed by atoms with van der Waals surface area (Å²) in [5, 5.41) is 1.68. The summed E-state index contributed by atoms with van der Waals surface area (Å²) >= 11 is 7.11. The number of aromatic nitrogens is 1. The molecule has 0 unspecified atom stereocenters. The molecule has 8 heteroatoms. The maximum absolute atomic E-state index is 12.0. The molecule has 2 N–H and O–H groups in total. The van der Waals surface area contributed by atoms with Crippen molar-refractivity contribution in [1.82, 2.24) is 9.99 Å². The van der Waals surface area contributed by atoms with E-state index in [0.29, 0.717) is 5.57 Å². The number of thioether (sulfide) groups is 1. The number of hydrogen-bond acceptors (Lipinski definition) is 6. The molecule has 0 aliphatic heterocycles. The van der Waals surface area contributed by atoms with Gasteiger partial charge in [-0.05, 0) is 29.9 Å². The molecule has 0 radical (unpaired) electrons. The number of ether oxygens (including phenoxy) is 1. The van der Waals surface area contributed by atoms with Crippen LogP contribution in [0.15, 0.2) is 64.1 Å². The average molecular weight is 352 g/mol. The highest BCUT2D eigenvalue weighted by Crippen LogP contribution is 2.22. The van der Waals surface area contributed by atoms with Gasteiger partial charge < -0.3 is 4.74 Å². The standard InChI is InChI=1S/C15H14ClN3O3S/c1-22-12-7-10(6-11(16)15(12)21)8-19(17)14(20)9-23-13-4-2-3-5-18-13/h2-8H,9,17H2,1H3/b10-8-. The minimum atomic E-state index is -0.410. The molecule has 1 amide bonds. The summed E-state index contributed by atoms with van der Waals surface area (Å²) in [6.07, 6.45) is 5.92. The van der Waals surface area contributed by atoms with E-state index in [2.05, 4.69) is 4.98 Å². The molecule has 0 atom stereocenters. The Morgan fingerprint density at radius 2 is 2.26 bits per heavy atom. The first-order chi connectivity index (χ1) is 11.0. The zero-order chi connectivity index (χ0) is 16.8. The summed E-state index contributed by atoms with van der Waals surface area (Å²) in [6.45, 7) is 0. The minimum absolute atomic E-state index is 0.000639. The number of hydrogen-bond donors (Lipinski definition) is 1. The van der Waals surface area contributed by atoms with Crippen LogP contribution in [0.4, 0.5) is 0 Å². The van der Waals surface area contributed by atoms with Crippen LogP contribution in [-0.2, 0) is 14.3 Å². The summed E-state index contributed by atoms with van der Waals surface area (Å²) in [6, 6.07) is 5.44. The zero-order valence-electron chi connectivity index (χ0n) is 12.2. The molecule has 6 nitrogen and oxygen atoms in total. The molecule has 0 saturated carbocycles. The number of amides is 1. The van der Waals surface area contributed by atoms with Gasteiger partial charge in [-0.1, -0.05) is 29.4 Å². The predicted octanol–water partition coefficient (Wildman–Crippen LogP) is 2.00. The second-order valence-corrected chi connectivity index (χ2v) is 5.82. The maximum Gasteiger partial charge on any atom is 0.251 e. The largest absolute Gasteiger partial charge is 0.493 e. The molecule has 120 valence electrons. The molecule has 1 heterocycles. The molecule has 2 rings (SSSR count). The molecular weight excluding hydrogens is 338 g/mol. The van der Waals surface area contributed by atoms with E-state index in [4.69, 9.17) is 22.2 Å². The number of nitrogens with zero attached hydrogens (tertiary/aromatic N) is 2. The number of hydrazine groups is 1. The van der Waals surface area contributed by atoms with E-state index in [-0.39, 0.29) is 22.5 Å². The highest BCUT2D eigenvalue weighted by Gasteiger charge is 2.20. The van der Waals surface area contributed by atoms with Crippen molar-refractivity contribution in [3.8, 4) is 0 Å². The van der Waals surface area contributed by atoms with Crippen molar-refractivity contribution in [3.63, 3.8) is 0 Å². The van der Waals surface area contributed by atoms with E-state index in [9.17, 15) is 9.59 Å². The molecule has 0 saturated heterocycles. The number of nitrogens with two attached hydrogens (primary N) is 1. The van der Waals surface area contributed by atoms with Crippen LogP contribution in [0.2, 0.25) is 0 Å². The lowest BCUT2D eigenvalue weighted by Crippen LogP contribution is -2.34. The molecule has 0 fully saturated rings. The topological polar surface area (TPSA) is 85.5 Å². The summed E-state index contributed by atoms with van der Waals surface area (Å²) in [5.41, 5.74) is 0.491. The number of halogens is 1. The van der Waals surface area contributed by atoms with Crippen molar-refractivity contribution in [2.75, 3.05) is 12.9 Å². The highest BCUT2D eigenvalue weighted by molar-refractivity contribution is 7.99. The van der Waals surface area contributed by atoms with Crippen LogP contribution >= 0.6 is 23.4 Å². The van der Waals surface area contributed by atoms with Gasteiger partial charge in [-0.3, -0.25) is 14.6 Å². The Bertz CT molecular complexity index is 701. The molecule has 23 heavy (non-hydrogen) atoms. The first kappa shape index (κ1) is 17.3. The number of methoxy groups -OCH3 is 1. The predicted molar refractivity (Wildman–Crippen MR) is 88.1 cm³/mol. The van der Waals surface area contributed by atoms with Gasteiger partial charge in [-0.25, -0.2) is 10.8 Å². The van der Waals surface area contributed by atoms with Crippen molar-refractivity contribution < 1.29 is 14.3 Å². The number of rotatable bonds is 5. The molecule has 0 bridgehead atoms. The fourth-order valence-electron chi connectivity index (χ4n) is 1.69. The Hall–Kier alpha value is -2.09. The van der Waals surface area contributed by atoms with Gasteiger partial charge >= 0.3 is 0 Å². The van der Waals surface area contributed by atoms with Gasteiger partial charge in [0.1, 0.15) is 0 Å². The van der Waals surface area contributed by atoms with Gasteiger partial charge in [0.2, 0.25) is 5.78 Å². The highest BCUT2D eigenvalue weighted by atomic mass is 35.5.